The van der Waals surface area contributed by atoms with Crippen LogP contribution in [0.1, 0.15) is 13.8 Å². The highest BCUT2D eigenvalue weighted by molar-refractivity contribution is 5.74. The molecule has 0 aromatic heterocycles. The molecule has 1 unspecified atom stereocenters. The number of phenols is 1. The van der Waals surface area contributed by atoms with Crippen LogP contribution in [-0.2, 0) is 9.53 Å². The average Bonchev–Trinajstić information content (AvgIpc) is 2.22. The van der Waals surface area contributed by atoms with Crippen molar-refractivity contribution in [2.45, 2.75) is 20.0 Å². The van der Waals surface area contributed by atoms with Crippen molar-refractivity contribution in [3.05, 3.63) is 24.0 Å². The van der Waals surface area contributed by atoms with Gasteiger partial charge in [0.1, 0.15) is 5.75 Å². The van der Waals surface area contributed by atoms with Gasteiger partial charge < -0.3 is 14.6 Å². The molecule has 1 atom stereocenters. The van der Waals surface area contributed by atoms with Crippen molar-refractivity contribution in [1.82, 2.24) is 0 Å². The number of aromatic hydroxyl groups is 1. The highest BCUT2D eigenvalue weighted by Gasteiger charge is 2.17. The predicted octanol–water partition coefficient (Wildman–Crippen LogP) is 1.86. The molecule has 0 radical (unpaired) electrons. The van der Waals surface area contributed by atoms with Crippen LogP contribution in [0.3, 0.4) is 0 Å². The second kappa shape index (κ2) is 5.34. The molecule has 0 amide bonds. The number of hydrogen-bond acceptors (Lipinski definition) is 4. The van der Waals surface area contributed by atoms with Crippen LogP contribution in [0.15, 0.2) is 18.2 Å². The van der Waals surface area contributed by atoms with Crippen LogP contribution in [0.4, 0.5) is 4.39 Å². The molecule has 0 aliphatic rings. The largest absolute Gasteiger partial charge is 0.508 e. The summed E-state index contributed by atoms with van der Waals surface area (Å²) in [6, 6.07) is 3.43. The fraction of sp³-hybridized carbons (Fsp3) is 0.364. The van der Waals surface area contributed by atoms with Crippen molar-refractivity contribution in [2.75, 3.05) is 6.61 Å². The molecule has 0 bridgehead atoms. The third kappa shape index (κ3) is 3.12. The Hall–Kier alpha value is -1.78. The van der Waals surface area contributed by atoms with Gasteiger partial charge in [-0.15, -0.1) is 0 Å². The molecule has 88 valence electrons. The summed E-state index contributed by atoms with van der Waals surface area (Å²) in [4.78, 5) is 11.2. The Labute approximate surface area is 92.6 Å². The van der Waals surface area contributed by atoms with Crippen molar-refractivity contribution < 1.29 is 23.8 Å². The minimum atomic E-state index is -0.890. The van der Waals surface area contributed by atoms with Crippen LogP contribution in [0.25, 0.3) is 0 Å². The quantitative estimate of drug-likeness (QED) is 0.799. The predicted molar refractivity (Wildman–Crippen MR) is 54.8 cm³/mol. The first-order valence-electron chi connectivity index (χ1n) is 4.86. The second-order valence-electron chi connectivity index (χ2n) is 3.13. The molecule has 0 aliphatic carbocycles. The normalized spacial score (nSPS) is 11.9. The molecule has 1 N–H and O–H groups in total. The minimum absolute atomic E-state index is 0.0987. The lowest BCUT2D eigenvalue weighted by Crippen LogP contribution is -2.26. The molecule has 4 nitrogen and oxygen atoms in total. The third-order valence-electron chi connectivity index (χ3n) is 1.84. The zero-order valence-electron chi connectivity index (χ0n) is 9.07. The molecule has 0 heterocycles. The summed E-state index contributed by atoms with van der Waals surface area (Å²) < 4.78 is 23.0. The summed E-state index contributed by atoms with van der Waals surface area (Å²) in [6.07, 6.45) is -0.890. The van der Waals surface area contributed by atoms with Gasteiger partial charge in [0.25, 0.3) is 0 Å². The number of carbonyl (C=O) groups excluding carboxylic acids is 1. The summed E-state index contributed by atoms with van der Waals surface area (Å²) in [5.41, 5.74) is 0. The monoisotopic (exact) mass is 228 g/mol. The van der Waals surface area contributed by atoms with Gasteiger partial charge in [0.2, 0.25) is 0 Å². The zero-order valence-corrected chi connectivity index (χ0v) is 9.07. The maximum atomic E-state index is 13.2. The van der Waals surface area contributed by atoms with E-state index in [1.807, 2.05) is 0 Å². The van der Waals surface area contributed by atoms with Gasteiger partial charge in [0, 0.05) is 6.07 Å². The van der Waals surface area contributed by atoms with Crippen molar-refractivity contribution in [3.63, 3.8) is 0 Å². The Morgan fingerprint density at radius 2 is 2.25 bits per heavy atom. The summed E-state index contributed by atoms with van der Waals surface area (Å²) >= 11 is 0. The summed E-state index contributed by atoms with van der Waals surface area (Å²) in [5.74, 6) is -1.59. The van der Waals surface area contributed by atoms with Crippen molar-refractivity contribution in [2.24, 2.45) is 0 Å². The summed E-state index contributed by atoms with van der Waals surface area (Å²) in [5, 5.41) is 8.98. The lowest BCUT2D eigenvalue weighted by atomic mass is 10.3. The standard InChI is InChI=1S/C11H13FO4/c1-3-15-11(14)7(2)16-10-5-4-8(13)6-9(10)12/h4-7,13H,3H2,1-2H3. The summed E-state index contributed by atoms with van der Waals surface area (Å²) in [6.45, 7) is 3.38. The topological polar surface area (TPSA) is 55.8 Å². The van der Waals surface area contributed by atoms with E-state index >= 15 is 0 Å². The molecular weight excluding hydrogens is 215 g/mol. The number of rotatable bonds is 4. The SMILES string of the molecule is CCOC(=O)C(C)Oc1ccc(O)cc1F. The van der Waals surface area contributed by atoms with Crippen molar-refractivity contribution in [1.29, 1.82) is 0 Å². The molecule has 0 saturated carbocycles. The molecule has 16 heavy (non-hydrogen) atoms. The molecule has 0 spiro atoms. The van der Waals surface area contributed by atoms with Crippen LogP contribution in [0, 0.1) is 5.82 Å². The fourth-order valence-corrected chi connectivity index (χ4v) is 1.08. The molecule has 1 rings (SSSR count). The summed E-state index contributed by atoms with van der Waals surface area (Å²) in [7, 11) is 0. The van der Waals surface area contributed by atoms with Gasteiger partial charge in [-0.1, -0.05) is 0 Å². The fourth-order valence-electron chi connectivity index (χ4n) is 1.08. The Balaban J connectivity index is 2.69. The van der Waals surface area contributed by atoms with Crippen LogP contribution >= 0.6 is 0 Å². The van der Waals surface area contributed by atoms with E-state index in [2.05, 4.69) is 0 Å². The number of esters is 1. The molecular formula is C11H13FO4. The van der Waals surface area contributed by atoms with Gasteiger partial charge in [0.05, 0.1) is 6.61 Å². The second-order valence-corrected chi connectivity index (χ2v) is 3.13. The van der Waals surface area contributed by atoms with Gasteiger partial charge in [-0.25, -0.2) is 9.18 Å². The number of benzene rings is 1. The van der Waals surface area contributed by atoms with E-state index in [-0.39, 0.29) is 18.1 Å². The maximum absolute atomic E-state index is 13.2. The van der Waals surface area contributed by atoms with E-state index in [0.717, 1.165) is 6.07 Å². The highest BCUT2D eigenvalue weighted by Crippen LogP contribution is 2.22. The smallest absolute Gasteiger partial charge is 0.347 e. The third-order valence-corrected chi connectivity index (χ3v) is 1.84. The van der Waals surface area contributed by atoms with E-state index in [1.54, 1.807) is 6.92 Å². The van der Waals surface area contributed by atoms with E-state index < -0.39 is 17.9 Å². The van der Waals surface area contributed by atoms with E-state index in [4.69, 9.17) is 14.6 Å². The first-order chi connectivity index (χ1) is 7.54. The van der Waals surface area contributed by atoms with Gasteiger partial charge in [-0.3, -0.25) is 0 Å². The highest BCUT2D eigenvalue weighted by atomic mass is 19.1. The van der Waals surface area contributed by atoms with Gasteiger partial charge in [0.15, 0.2) is 17.7 Å². The van der Waals surface area contributed by atoms with Gasteiger partial charge in [-0.2, -0.15) is 0 Å². The van der Waals surface area contributed by atoms with E-state index in [1.165, 1.54) is 19.1 Å². The van der Waals surface area contributed by atoms with Crippen molar-refractivity contribution in [3.8, 4) is 11.5 Å². The first-order valence-corrected chi connectivity index (χ1v) is 4.86. The van der Waals surface area contributed by atoms with Crippen LogP contribution in [0.2, 0.25) is 0 Å². The molecule has 5 heteroatoms. The van der Waals surface area contributed by atoms with Gasteiger partial charge in [-0.05, 0) is 26.0 Å². The number of hydrogen-bond donors (Lipinski definition) is 1. The Morgan fingerprint density at radius 1 is 1.56 bits per heavy atom. The lowest BCUT2D eigenvalue weighted by molar-refractivity contribution is -0.150. The molecule has 1 aromatic rings. The molecule has 0 aliphatic heterocycles. The zero-order chi connectivity index (χ0) is 12.1. The molecule has 0 saturated heterocycles. The molecule has 0 fully saturated rings. The van der Waals surface area contributed by atoms with Gasteiger partial charge >= 0.3 is 5.97 Å². The lowest BCUT2D eigenvalue weighted by Gasteiger charge is -2.13. The van der Waals surface area contributed by atoms with E-state index in [0.29, 0.717) is 0 Å². The Bertz CT molecular complexity index is 378. The number of ether oxygens (including phenoxy) is 2. The average molecular weight is 228 g/mol. The molecule has 1 aromatic carbocycles. The van der Waals surface area contributed by atoms with Crippen LogP contribution in [0.5, 0.6) is 11.5 Å². The van der Waals surface area contributed by atoms with Crippen LogP contribution < -0.4 is 4.74 Å². The number of carbonyl (C=O) groups is 1. The maximum Gasteiger partial charge on any atom is 0.347 e. The first kappa shape index (κ1) is 12.3. The Morgan fingerprint density at radius 3 is 2.81 bits per heavy atom. The Kier molecular flexibility index (Phi) is 4.10. The van der Waals surface area contributed by atoms with Crippen molar-refractivity contribution >= 4 is 5.97 Å². The van der Waals surface area contributed by atoms with E-state index in [9.17, 15) is 9.18 Å². The number of halogens is 1. The van der Waals surface area contributed by atoms with Crippen LogP contribution in [-0.4, -0.2) is 23.8 Å². The minimum Gasteiger partial charge on any atom is -0.508 e. The number of phenolic OH excluding ortho intramolecular Hbond substituents is 1.